The van der Waals surface area contributed by atoms with Gasteiger partial charge in [-0.15, -0.1) is 0 Å². The van der Waals surface area contributed by atoms with E-state index in [4.69, 9.17) is 4.42 Å². The number of hydrogen-bond acceptors (Lipinski definition) is 2. The van der Waals surface area contributed by atoms with E-state index in [-0.39, 0.29) is 0 Å². The minimum atomic E-state index is 0.876. The van der Waals surface area contributed by atoms with Crippen LogP contribution in [0.15, 0.2) is 235 Å². The maximum atomic E-state index is 6.43. The maximum Gasteiger partial charge on any atom is 0.136 e. The van der Waals surface area contributed by atoms with E-state index in [1.807, 2.05) is 12.1 Å². The van der Waals surface area contributed by atoms with Gasteiger partial charge >= 0.3 is 0 Å². The highest BCUT2D eigenvalue weighted by molar-refractivity contribution is 6.10. The van der Waals surface area contributed by atoms with Crippen LogP contribution < -0.4 is 4.90 Å². The van der Waals surface area contributed by atoms with Crippen LogP contribution >= 0.6 is 0 Å². The Kier molecular flexibility index (Phi) is 8.17. The molecule has 0 aliphatic carbocycles. The monoisotopic (exact) mass is 778 g/mol. The van der Waals surface area contributed by atoms with Gasteiger partial charge < -0.3 is 13.9 Å². The van der Waals surface area contributed by atoms with E-state index in [9.17, 15) is 0 Å². The number of furan rings is 1. The van der Waals surface area contributed by atoms with Crippen LogP contribution in [0.1, 0.15) is 0 Å². The molecule has 0 N–H and O–H groups in total. The van der Waals surface area contributed by atoms with Gasteiger partial charge in [0, 0.05) is 32.8 Å². The van der Waals surface area contributed by atoms with Crippen LogP contribution in [0.25, 0.3) is 93.6 Å². The van der Waals surface area contributed by atoms with Gasteiger partial charge in [0.25, 0.3) is 0 Å². The fourth-order valence-corrected chi connectivity index (χ4v) is 9.38. The standard InChI is InChI=1S/C58H38N2O/c1-2-19-45-40(15-1)16-14-24-46(45)42-18-13-17-41(37-42)39-31-34-44(35-32-39)59(52-25-7-3-20-47(52)43-33-36-51-50-23-6-12-30-57(50)61-58(51)38-43)55-28-10-11-29-56(55)60-53-26-8-4-21-48(53)49-22-5-9-27-54(49)60/h1-38H. The van der Waals surface area contributed by atoms with E-state index in [0.717, 1.165) is 61.4 Å². The zero-order chi connectivity index (χ0) is 40.3. The summed E-state index contributed by atoms with van der Waals surface area (Å²) in [7, 11) is 0. The maximum absolute atomic E-state index is 6.43. The molecule has 3 heteroatoms. The Morgan fingerprint density at radius 2 is 0.885 bits per heavy atom. The first-order valence-corrected chi connectivity index (χ1v) is 20.8. The van der Waals surface area contributed by atoms with Crippen molar-refractivity contribution in [2.24, 2.45) is 0 Å². The van der Waals surface area contributed by atoms with Gasteiger partial charge in [0.2, 0.25) is 0 Å². The summed E-state index contributed by atoms with van der Waals surface area (Å²) in [4.78, 5) is 2.42. The van der Waals surface area contributed by atoms with Crippen molar-refractivity contribution in [1.82, 2.24) is 4.57 Å². The number of fused-ring (bicyclic) bond motifs is 7. The van der Waals surface area contributed by atoms with Crippen molar-refractivity contribution < 1.29 is 4.42 Å². The lowest BCUT2D eigenvalue weighted by molar-refractivity contribution is 0.669. The van der Waals surface area contributed by atoms with Gasteiger partial charge in [-0.2, -0.15) is 0 Å². The third kappa shape index (κ3) is 5.82. The van der Waals surface area contributed by atoms with Crippen molar-refractivity contribution in [2.45, 2.75) is 0 Å². The van der Waals surface area contributed by atoms with Gasteiger partial charge in [-0.05, 0) is 105 Å². The minimum absolute atomic E-state index is 0.876. The Morgan fingerprint density at radius 3 is 1.70 bits per heavy atom. The average molecular weight is 779 g/mol. The Bertz CT molecular complexity index is 3550. The van der Waals surface area contributed by atoms with Crippen molar-refractivity contribution in [3.63, 3.8) is 0 Å². The molecule has 0 aliphatic rings. The molecule has 0 atom stereocenters. The molecule has 12 aromatic rings. The number of benzene rings is 10. The zero-order valence-corrected chi connectivity index (χ0v) is 33.2. The SMILES string of the molecule is c1cc(-c2ccc(N(c3ccccc3-c3ccc4c(c3)oc3ccccc34)c3ccccc3-n3c4ccccc4c4ccccc43)cc2)cc(-c2cccc3ccccc23)c1. The minimum Gasteiger partial charge on any atom is -0.456 e. The summed E-state index contributed by atoms with van der Waals surface area (Å²) in [6.07, 6.45) is 0. The summed E-state index contributed by atoms with van der Waals surface area (Å²) < 4.78 is 8.85. The van der Waals surface area contributed by atoms with E-state index in [1.165, 1.54) is 49.3 Å². The van der Waals surface area contributed by atoms with Gasteiger partial charge in [-0.1, -0.05) is 164 Å². The first kappa shape index (κ1) is 34.9. The second kappa shape index (κ2) is 14.3. The van der Waals surface area contributed by atoms with Crippen molar-refractivity contribution in [2.75, 3.05) is 4.90 Å². The summed E-state index contributed by atoms with van der Waals surface area (Å²) in [5, 5.41) is 7.21. The lowest BCUT2D eigenvalue weighted by Gasteiger charge is -2.30. The van der Waals surface area contributed by atoms with E-state index in [0.29, 0.717) is 0 Å². The molecule has 0 radical (unpaired) electrons. The first-order chi connectivity index (χ1) is 30.3. The van der Waals surface area contributed by atoms with Gasteiger partial charge in [0.1, 0.15) is 11.2 Å². The molecule has 61 heavy (non-hydrogen) atoms. The fourth-order valence-electron chi connectivity index (χ4n) is 9.38. The van der Waals surface area contributed by atoms with Crippen LogP contribution in [0.4, 0.5) is 17.1 Å². The molecule has 2 heterocycles. The number of rotatable bonds is 7. The zero-order valence-electron chi connectivity index (χ0n) is 33.2. The Hall–Kier alpha value is -8.14. The predicted octanol–water partition coefficient (Wildman–Crippen LogP) is 16.3. The number of para-hydroxylation sites is 6. The molecule has 10 aromatic carbocycles. The third-order valence-electron chi connectivity index (χ3n) is 12.2. The number of anilines is 3. The van der Waals surface area contributed by atoms with Crippen LogP contribution in [0.5, 0.6) is 0 Å². The van der Waals surface area contributed by atoms with E-state index in [1.54, 1.807) is 0 Å². The summed E-state index contributed by atoms with van der Waals surface area (Å²) in [6, 6.07) is 83.0. The summed E-state index contributed by atoms with van der Waals surface area (Å²) >= 11 is 0. The van der Waals surface area contributed by atoms with Gasteiger partial charge in [0.05, 0.1) is 28.1 Å². The molecule has 0 fully saturated rings. The molecule has 0 unspecified atom stereocenters. The Morgan fingerprint density at radius 1 is 0.328 bits per heavy atom. The lowest BCUT2D eigenvalue weighted by atomic mass is 9.95. The fraction of sp³-hybridized carbons (Fsp3) is 0. The highest BCUT2D eigenvalue weighted by atomic mass is 16.3. The van der Waals surface area contributed by atoms with Gasteiger partial charge in [-0.25, -0.2) is 0 Å². The largest absolute Gasteiger partial charge is 0.456 e. The van der Waals surface area contributed by atoms with Crippen LogP contribution in [0.3, 0.4) is 0 Å². The topological polar surface area (TPSA) is 21.3 Å². The summed E-state index contributed by atoms with van der Waals surface area (Å²) in [5.74, 6) is 0. The molecule has 286 valence electrons. The van der Waals surface area contributed by atoms with Crippen LogP contribution in [0, 0.1) is 0 Å². The quantitative estimate of drug-likeness (QED) is 0.161. The molecule has 0 spiro atoms. The van der Waals surface area contributed by atoms with Crippen molar-refractivity contribution in [3.05, 3.63) is 231 Å². The molecule has 0 aliphatic heterocycles. The van der Waals surface area contributed by atoms with Crippen molar-refractivity contribution in [3.8, 4) is 39.1 Å². The molecule has 2 aromatic heterocycles. The molecular weight excluding hydrogens is 741 g/mol. The molecule has 12 rings (SSSR count). The van der Waals surface area contributed by atoms with Crippen molar-refractivity contribution in [1.29, 1.82) is 0 Å². The highest BCUT2D eigenvalue weighted by Crippen LogP contribution is 2.46. The average Bonchev–Trinajstić information content (AvgIpc) is 3.87. The predicted molar refractivity (Wildman–Crippen MR) is 257 cm³/mol. The van der Waals surface area contributed by atoms with Gasteiger partial charge in [0.15, 0.2) is 0 Å². The molecule has 0 saturated carbocycles. The van der Waals surface area contributed by atoms with Crippen LogP contribution in [-0.4, -0.2) is 4.57 Å². The molecule has 3 nitrogen and oxygen atoms in total. The van der Waals surface area contributed by atoms with Crippen molar-refractivity contribution >= 4 is 71.6 Å². The second-order valence-corrected chi connectivity index (χ2v) is 15.7. The molecule has 0 saturated heterocycles. The summed E-state index contributed by atoms with van der Waals surface area (Å²) in [5.41, 5.74) is 15.4. The smallest absolute Gasteiger partial charge is 0.136 e. The first-order valence-electron chi connectivity index (χ1n) is 20.8. The highest BCUT2D eigenvalue weighted by Gasteiger charge is 2.23. The van der Waals surface area contributed by atoms with Crippen LogP contribution in [0.2, 0.25) is 0 Å². The number of aromatic nitrogens is 1. The number of nitrogens with zero attached hydrogens (tertiary/aromatic N) is 2. The molecule has 0 bridgehead atoms. The van der Waals surface area contributed by atoms with Gasteiger partial charge in [-0.3, -0.25) is 0 Å². The lowest BCUT2D eigenvalue weighted by Crippen LogP contribution is -2.14. The normalized spacial score (nSPS) is 11.6. The summed E-state index contributed by atoms with van der Waals surface area (Å²) in [6.45, 7) is 0. The Labute approximate surface area is 353 Å². The van der Waals surface area contributed by atoms with Crippen LogP contribution in [-0.2, 0) is 0 Å². The van der Waals surface area contributed by atoms with E-state index >= 15 is 0 Å². The molecule has 0 amide bonds. The molecular formula is C58H38N2O. The Balaban J connectivity index is 1.04. The third-order valence-corrected chi connectivity index (χ3v) is 12.2. The van der Waals surface area contributed by atoms with E-state index in [2.05, 4.69) is 228 Å². The van der Waals surface area contributed by atoms with E-state index < -0.39 is 0 Å². The number of hydrogen-bond donors (Lipinski definition) is 0. The second-order valence-electron chi connectivity index (χ2n) is 15.7.